The van der Waals surface area contributed by atoms with E-state index in [2.05, 4.69) is 10.3 Å². The van der Waals surface area contributed by atoms with Crippen molar-refractivity contribution in [1.29, 1.82) is 0 Å². The third-order valence-electron chi connectivity index (χ3n) is 1.77. The maximum atomic E-state index is 11.7. The smallest absolute Gasteiger partial charge is 0.371 e. The zero-order chi connectivity index (χ0) is 12.3. The Morgan fingerprint density at radius 1 is 1.62 bits per heavy atom. The van der Waals surface area contributed by atoms with Crippen LogP contribution in [-0.4, -0.2) is 37.4 Å². The number of rotatable bonds is 4. The highest BCUT2D eigenvalue weighted by Gasteiger charge is 2.25. The number of carboxylic acid groups (broad SMARTS) is 1. The lowest BCUT2D eigenvalue weighted by atomic mass is 10.5. The van der Waals surface area contributed by atoms with Crippen molar-refractivity contribution in [3.8, 4) is 12.3 Å². The third kappa shape index (κ3) is 2.24. The molecule has 1 aromatic rings. The fourth-order valence-electron chi connectivity index (χ4n) is 0.941. The molecular weight excluding hydrogens is 234 g/mol. The summed E-state index contributed by atoms with van der Waals surface area (Å²) in [4.78, 5) is 10.5. The third-order valence-corrected chi connectivity index (χ3v) is 3.45. The van der Waals surface area contributed by atoms with Crippen LogP contribution in [0.25, 0.3) is 0 Å². The molecule has 16 heavy (non-hydrogen) atoms. The van der Waals surface area contributed by atoms with Gasteiger partial charge in [-0.1, -0.05) is 5.92 Å². The van der Waals surface area contributed by atoms with E-state index in [9.17, 15) is 13.2 Å². The molecule has 1 heterocycles. The topological polar surface area (TPSA) is 87.8 Å². The van der Waals surface area contributed by atoms with E-state index in [4.69, 9.17) is 11.5 Å². The molecule has 0 aliphatic heterocycles. The first-order valence-corrected chi connectivity index (χ1v) is 5.56. The molecule has 0 spiro atoms. The molecule has 0 fully saturated rings. The van der Waals surface area contributed by atoms with Crippen molar-refractivity contribution in [2.24, 2.45) is 0 Å². The van der Waals surface area contributed by atoms with Gasteiger partial charge in [-0.2, -0.15) is 4.31 Å². The zero-order valence-electron chi connectivity index (χ0n) is 8.37. The van der Waals surface area contributed by atoms with Crippen molar-refractivity contribution in [2.75, 3.05) is 13.6 Å². The van der Waals surface area contributed by atoms with Crippen molar-refractivity contribution in [3.63, 3.8) is 0 Å². The van der Waals surface area contributed by atoms with Gasteiger partial charge in [-0.3, -0.25) is 0 Å². The normalized spacial score (nSPS) is 11.3. The van der Waals surface area contributed by atoms with Gasteiger partial charge in [-0.05, 0) is 12.1 Å². The number of terminal acetylenes is 1. The predicted molar refractivity (Wildman–Crippen MR) is 54.3 cm³/mol. The number of sulfonamides is 1. The Balaban J connectivity index is 3.09. The van der Waals surface area contributed by atoms with Gasteiger partial charge in [-0.25, -0.2) is 13.2 Å². The van der Waals surface area contributed by atoms with Crippen LogP contribution in [0.4, 0.5) is 0 Å². The highest BCUT2D eigenvalue weighted by molar-refractivity contribution is 7.89. The first kappa shape index (κ1) is 12.3. The summed E-state index contributed by atoms with van der Waals surface area (Å²) in [5.41, 5.74) is 0. The molecule has 0 saturated carbocycles. The maximum Gasteiger partial charge on any atom is 0.371 e. The first-order chi connectivity index (χ1) is 7.39. The fourth-order valence-corrected chi connectivity index (χ4v) is 1.93. The summed E-state index contributed by atoms with van der Waals surface area (Å²) in [6.07, 6.45) is 4.98. The van der Waals surface area contributed by atoms with E-state index >= 15 is 0 Å². The molecule has 1 N–H and O–H groups in total. The number of furan rings is 1. The molecule has 0 aromatic carbocycles. The van der Waals surface area contributed by atoms with Crippen molar-refractivity contribution < 1.29 is 22.7 Å². The summed E-state index contributed by atoms with van der Waals surface area (Å²) in [6.45, 7) is -0.120. The van der Waals surface area contributed by atoms with Gasteiger partial charge < -0.3 is 9.52 Å². The lowest BCUT2D eigenvalue weighted by molar-refractivity contribution is 0.0656. The summed E-state index contributed by atoms with van der Waals surface area (Å²) in [5, 5.41) is 8.13. The Kier molecular flexibility index (Phi) is 3.37. The second kappa shape index (κ2) is 4.38. The molecule has 6 nitrogen and oxygen atoms in total. The lowest BCUT2D eigenvalue weighted by Crippen LogP contribution is -2.26. The van der Waals surface area contributed by atoms with Gasteiger partial charge in [0.2, 0.25) is 10.9 Å². The van der Waals surface area contributed by atoms with Gasteiger partial charge in [0.25, 0.3) is 10.0 Å². The van der Waals surface area contributed by atoms with Crippen LogP contribution in [0, 0.1) is 12.3 Å². The average molecular weight is 243 g/mol. The molecule has 7 heteroatoms. The van der Waals surface area contributed by atoms with E-state index in [0.717, 1.165) is 16.4 Å². The Hall–Kier alpha value is -1.78. The highest BCUT2D eigenvalue weighted by Crippen LogP contribution is 2.17. The van der Waals surface area contributed by atoms with Gasteiger partial charge in [-0.15, -0.1) is 6.42 Å². The van der Waals surface area contributed by atoms with Crippen LogP contribution in [0.3, 0.4) is 0 Å². The summed E-state index contributed by atoms with van der Waals surface area (Å²) in [5.74, 6) is 0.392. The van der Waals surface area contributed by atoms with E-state index < -0.39 is 26.8 Å². The Morgan fingerprint density at radius 2 is 2.25 bits per heavy atom. The Bertz CT molecular complexity index is 536. The average Bonchev–Trinajstić information content (AvgIpc) is 2.67. The van der Waals surface area contributed by atoms with Crippen LogP contribution in [0.1, 0.15) is 10.6 Å². The molecule has 0 bridgehead atoms. The lowest BCUT2D eigenvalue weighted by Gasteiger charge is -2.11. The summed E-state index contributed by atoms with van der Waals surface area (Å²) in [6, 6.07) is 2.14. The molecule has 86 valence electrons. The molecule has 0 radical (unpaired) electrons. The molecule has 0 atom stereocenters. The van der Waals surface area contributed by atoms with E-state index in [1.807, 2.05) is 0 Å². The highest BCUT2D eigenvalue weighted by atomic mass is 32.2. The summed E-state index contributed by atoms with van der Waals surface area (Å²) >= 11 is 0. The largest absolute Gasteiger partial charge is 0.475 e. The van der Waals surface area contributed by atoms with Crippen molar-refractivity contribution in [1.82, 2.24) is 4.31 Å². The molecule has 1 rings (SSSR count). The second-order valence-corrected chi connectivity index (χ2v) is 4.86. The number of carbonyl (C=O) groups is 1. The monoisotopic (exact) mass is 243 g/mol. The quantitative estimate of drug-likeness (QED) is 0.765. The predicted octanol–water partition coefficient (Wildman–Crippen LogP) is 0.232. The first-order valence-electron chi connectivity index (χ1n) is 4.12. The van der Waals surface area contributed by atoms with Crippen LogP contribution in [0.15, 0.2) is 21.6 Å². The van der Waals surface area contributed by atoms with Crippen LogP contribution < -0.4 is 0 Å². The van der Waals surface area contributed by atoms with Crippen molar-refractivity contribution in [3.05, 3.63) is 17.9 Å². The molecule has 0 unspecified atom stereocenters. The molecule has 0 saturated heterocycles. The zero-order valence-corrected chi connectivity index (χ0v) is 9.19. The molecule has 0 amide bonds. The van der Waals surface area contributed by atoms with E-state index in [1.165, 1.54) is 7.05 Å². The Morgan fingerprint density at radius 3 is 2.69 bits per heavy atom. The standard InChI is InChI=1S/C9H9NO5S/c1-3-6-10(2)16(13,14)8-5-4-7(15-8)9(11)12/h1,4-5H,6H2,2H3,(H,11,12). The SMILES string of the molecule is C#CCN(C)S(=O)(=O)c1ccc(C(=O)O)o1. The van der Waals surface area contributed by atoms with Gasteiger partial charge in [0.1, 0.15) is 0 Å². The number of carboxylic acids is 1. The second-order valence-electron chi connectivity index (χ2n) is 2.89. The summed E-state index contributed by atoms with van der Waals surface area (Å²) in [7, 11) is -2.58. The number of aromatic carboxylic acids is 1. The number of hydrogen-bond acceptors (Lipinski definition) is 4. The van der Waals surface area contributed by atoms with Crippen LogP contribution >= 0.6 is 0 Å². The fraction of sp³-hybridized carbons (Fsp3) is 0.222. The van der Waals surface area contributed by atoms with Gasteiger partial charge in [0, 0.05) is 7.05 Å². The summed E-state index contributed by atoms with van der Waals surface area (Å²) < 4.78 is 29.0. The van der Waals surface area contributed by atoms with Gasteiger partial charge >= 0.3 is 5.97 Å². The van der Waals surface area contributed by atoms with Crippen LogP contribution in [0.2, 0.25) is 0 Å². The van der Waals surface area contributed by atoms with Crippen LogP contribution in [0.5, 0.6) is 0 Å². The molecule has 0 aliphatic rings. The van der Waals surface area contributed by atoms with Crippen molar-refractivity contribution in [2.45, 2.75) is 5.09 Å². The van der Waals surface area contributed by atoms with Crippen LogP contribution in [-0.2, 0) is 10.0 Å². The minimum atomic E-state index is -3.85. The Labute approximate surface area is 92.5 Å². The number of hydrogen-bond donors (Lipinski definition) is 1. The van der Waals surface area contributed by atoms with Crippen molar-refractivity contribution >= 4 is 16.0 Å². The minimum Gasteiger partial charge on any atom is -0.475 e. The van der Waals surface area contributed by atoms with E-state index in [1.54, 1.807) is 0 Å². The maximum absolute atomic E-state index is 11.7. The molecule has 1 aromatic heterocycles. The molecule has 0 aliphatic carbocycles. The van der Waals surface area contributed by atoms with E-state index in [-0.39, 0.29) is 6.54 Å². The van der Waals surface area contributed by atoms with Gasteiger partial charge in [0.15, 0.2) is 0 Å². The number of nitrogens with zero attached hydrogens (tertiary/aromatic N) is 1. The minimum absolute atomic E-state index is 0.120. The van der Waals surface area contributed by atoms with Gasteiger partial charge in [0.05, 0.1) is 6.54 Å². The molecular formula is C9H9NO5S. The van der Waals surface area contributed by atoms with E-state index in [0.29, 0.717) is 0 Å².